The fraction of sp³-hybridized carbons (Fsp3) is 0.308. The average Bonchev–Trinajstić information content (AvgIpc) is 2.37. The Hall–Kier alpha value is -1.08. The van der Waals surface area contributed by atoms with Crippen LogP contribution in [0.25, 0.3) is 0 Å². The first-order chi connectivity index (χ1) is 8.47. The molecule has 0 radical (unpaired) electrons. The third-order valence-electron chi connectivity index (χ3n) is 2.39. The number of halogens is 1. The predicted molar refractivity (Wildman–Crippen MR) is 73.7 cm³/mol. The number of carbonyl (C=O) groups excluding carboxylic acids is 3. The van der Waals surface area contributed by atoms with Gasteiger partial charge in [-0.1, -0.05) is 11.6 Å². The van der Waals surface area contributed by atoms with Gasteiger partial charge in [0, 0.05) is 10.6 Å². The van der Waals surface area contributed by atoms with Crippen molar-refractivity contribution in [3.8, 4) is 0 Å². The van der Waals surface area contributed by atoms with Crippen molar-refractivity contribution < 1.29 is 19.1 Å². The molecular formula is C13H14ClLiO4. The standard InChI is InChI=1S/C13H13ClO4.Li.H/c1-3-18-13(17)12(16)8(2)11(15)9-4-6-10(14)7-5-9;;/h4-8H,3H2,1-2H3;;. The van der Waals surface area contributed by atoms with Gasteiger partial charge in [-0.3, -0.25) is 9.59 Å². The molecule has 0 saturated heterocycles. The van der Waals surface area contributed by atoms with E-state index in [1.54, 1.807) is 19.1 Å². The number of hydrogen-bond donors (Lipinski definition) is 0. The zero-order valence-electron chi connectivity index (χ0n) is 10.1. The van der Waals surface area contributed by atoms with Gasteiger partial charge in [0.05, 0.1) is 12.5 Å². The molecule has 0 spiro atoms. The van der Waals surface area contributed by atoms with Crippen LogP contribution in [-0.2, 0) is 14.3 Å². The molecule has 6 heteroatoms. The van der Waals surface area contributed by atoms with Gasteiger partial charge in [0.15, 0.2) is 5.78 Å². The number of hydrogen-bond acceptors (Lipinski definition) is 4. The fourth-order valence-electron chi connectivity index (χ4n) is 1.36. The zero-order chi connectivity index (χ0) is 13.7. The normalized spacial score (nSPS) is 11.1. The predicted octanol–water partition coefficient (Wildman–Crippen LogP) is 1.64. The second-order valence-corrected chi connectivity index (χ2v) is 4.11. The molecule has 0 aliphatic carbocycles. The van der Waals surface area contributed by atoms with E-state index < -0.39 is 23.5 Å². The Labute approximate surface area is 128 Å². The molecule has 1 unspecified atom stereocenters. The van der Waals surface area contributed by atoms with Crippen molar-refractivity contribution in [1.82, 2.24) is 0 Å². The Kier molecular flexibility index (Phi) is 7.70. The number of ketones is 2. The van der Waals surface area contributed by atoms with E-state index in [0.717, 1.165) is 0 Å². The fourth-order valence-corrected chi connectivity index (χ4v) is 1.49. The molecule has 0 aliphatic heterocycles. The second-order valence-electron chi connectivity index (χ2n) is 3.68. The van der Waals surface area contributed by atoms with Crippen molar-refractivity contribution in [1.29, 1.82) is 0 Å². The Morgan fingerprint density at radius 3 is 2.21 bits per heavy atom. The van der Waals surface area contributed by atoms with Crippen LogP contribution in [0.1, 0.15) is 24.2 Å². The number of esters is 1. The summed E-state index contributed by atoms with van der Waals surface area (Å²) in [6.45, 7) is 3.08. The summed E-state index contributed by atoms with van der Waals surface area (Å²) in [7, 11) is 0. The molecule has 0 aliphatic rings. The van der Waals surface area contributed by atoms with E-state index in [9.17, 15) is 14.4 Å². The minimum absolute atomic E-state index is 0. The van der Waals surface area contributed by atoms with Gasteiger partial charge in [-0.15, -0.1) is 0 Å². The van der Waals surface area contributed by atoms with Gasteiger partial charge in [-0.2, -0.15) is 0 Å². The first kappa shape index (κ1) is 17.9. The molecule has 4 nitrogen and oxygen atoms in total. The van der Waals surface area contributed by atoms with E-state index in [-0.39, 0.29) is 25.5 Å². The summed E-state index contributed by atoms with van der Waals surface area (Å²) >= 11 is 5.70. The van der Waals surface area contributed by atoms with Crippen LogP contribution in [0.3, 0.4) is 0 Å². The van der Waals surface area contributed by atoms with Gasteiger partial charge < -0.3 is 4.74 Å². The molecule has 0 fully saturated rings. The van der Waals surface area contributed by atoms with E-state index in [4.69, 9.17) is 11.6 Å². The third-order valence-corrected chi connectivity index (χ3v) is 2.64. The number of carbonyl (C=O) groups is 3. The molecule has 0 saturated carbocycles. The van der Waals surface area contributed by atoms with Gasteiger partial charge in [0.1, 0.15) is 0 Å². The van der Waals surface area contributed by atoms with Crippen molar-refractivity contribution in [3.63, 3.8) is 0 Å². The maximum absolute atomic E-state index is 11.9. The number of Topliss-reactive ketones (excluding diaryl/α,β-unsaturated/α-hetero) is 2. The number of rotatable bonds is 5. The van der Waals surface area contributed by atoms with Crippen LogP contribution >= 0.6 is 11.6 Å². The molecule has 1 aromatic carbocycles. The zero-order valence-corrected chi connectivity index (χ0v) is 10.9. The number of benzene rings is 1. The van der Waals surface area contributed by atoms with Crippen LogP contribution < -0.4 is 0 Å². The van der Waals surface area contributed by atoms with Gasteiger partial charge in [-0.25, -0.2) is 4.79 Å². The molecule has 0 heterocycles. The summed E-state index contributed by atoms with van der Waals surface area (Å²) < 4.78 is 4.57. The molecule has 1 aromatic rings. The van der Waals surface area contributed by atoms with E-state index in [1.165, 1.54) is 19.1 Å². The molecule has 19 heavy (non-hydrogen) atoms. The number of ether oxygens (including phenoxy) is 1. The van der Waals surface area contributed by atoms with Gasteiger partial charge in [0.25, 0.3) is 5.78 Å². The topological polar surface area (TPSA) is 60.4 Å². The first-order valence-corrected chi connectivity index (χ1v) is 5.86. The van der Waals surface area contributed by atoms with E-state index in [2.05, 4.69) is 4.74 Å². The van der Waals surface area contributed by atoms with Crippen molar-refractivity contribution in [2.45, 2.75) is 13.8 Å². The quantitative estimate of drug-likeness (QED) is 0.270. The van der Waals surface area contributed by atoms with E-state index in [1.807, 2.05) is 0 Å². The molecular weight excluding hydrogens is 263 g/mol. The first-order valence-electron chi connectivity index (χ1n) is 5.48. The van der Waals surface area contributed by atoms with Crippen LogP contribution in [0.15, 0.2) is 24.3 Å². The Morgan fingerprint density at radius 2 is 1.74 bits per heavy atom. The molecule has 0 amide bonds. The average molecular weight is 277 g/mol. The molecule has 0 N–H and O–H groups in total. The summed E-state index contributed by atoms with van der Waals surface area (Å²) in [5.41, 5.74) is 0.338. The van der Waals surface area contributed by atoms with E-state index in [0.29, 0.717) is 10.6 Å². The van der Waals surface area contributed by atoms with E-state index >= 15 is 0 Å². The summed E-state index contributed by atoms with van der Waals surface area (Å²) in [5, 5.41) is 0.496. The maximum atomic E-state index is 11.9. The Balaban J connectivity index is 0.00000324. The Bertz CT molecular complexity index is 470. The summed E-state index contributed by atoms with van der Waals surface area (Å²) in [4.78, 5) is 34.8. The summed E-state index contributed by atoms with van der Waals surface area (Å²) in [6, 6.07) is 6.13. The molecule has 98 valence electrons. The van der Waals surface area contributed by atoms with Crippen LogP contribution in [0.2, 0.25) is 5.02 Å². The SMILES string of the molecule is CCOC(=O)C(=O)C(C)C(=O)c1ccc(Cl)cc1.[LiH]. The van der Waals surface area contributed by atoms with Crippen LogP contribution in [-0.4, -0.2) is 43.0 Å². The summed E-state index contributed by atoms with van der Waals surface area (Å²) in [6.07, 6.45) is 0. The van der Waals surface area contributed by atoms with Gasteiger partial charge >= 0.3 is 24.8 Å². The monoisotopic (exact) mass is 276 g/mol. The van der Waals surface area contributed by atoms with Crippen molar-refractivity contribution in [3.05, 3.63) is 34.9 Å². The molecule has 0 aromatic heterocycles. The molecule has 1 rings (SSSR count). The van der Waals surface area contributed by atoms with Crippen LogP contribution in [0, 0.1) is 5.92 Å². The van der Waals surface area contributed by atoms with Gasteiger partial charge in [0.2, 0.25) is 0 Å². The molecule has 0 bridgehead atoms. The molecule has 1 atom stereocenters. The summed E-state index contributed by atoms with van der Waals surface area (Å²) in [5.74, 6) is -3.29. The van der Waals surface area contributed by atoms with Gasteiger partial charge in [-0.05, 0) is 38.1 Å². The van der Waals surface area contributed by atoms with Crippen molar-refractivity contribution in [2.75, 3.05) is 6.61 Å². The minimum atomic E-state index is -1.05. The second kappa shape index (κ2) is 8.16. The van der Waals surface area contributed by atoms with Crippen LogP contribution in [0.4, 0.5) is 0 Å². The third kappa shape index (κ3) is 4.83. The Morgan fingerprint density at radius 1 is 1.21 bits per heavy atom. The van der Waals surface area contributed by atoms with Crippen molar-refractivity contribution >= 4 is 48.0 Å². The van der Waals surface area contributed by atoms with Crippen LogP contribution in [0.5, 0.6) is 0 Å². The van der Waals surface area contributed by atoms with Crippen molar-refractivity contribution in [2.24, 2.45) is 5.92 Å².